The van der Waals surface area contributed by atoms with Crippen LogP contribution in [0.3, 0.4) is 0 Å². The molecule has 0 spiro atoms. The van der Waals surface area contributed by atoms with Gasteiger partial charge in [0, 0.05) is 33.5 Å². The Morgan fingerprint density at radius 1 is 0.625 bits per heavy atom. The van der Waals surface area contributed by atoms with Gasteiger partial charge in [-0.15, -0.1) is 0 Å². The minimum Gasteiger partial charge on any atom is -0.497 e. The van der Waals surface area contributed by atoms with Gasteiger partial charge in [0.15, 0.2) is 5.84 Å². The van der Waals surface area contributed by atoms with Crippen LogP contribution in [0.1, 0.15) is 49.9 Å². The fraction of sp³-hybridized carbons (Fsp3) is 0.304. The molecular weight excluding hydrogens is 703 g/mol. The van der Waals surface area contributed by atoms with E-state index in [4.69, 9.17) is 19.5 Å². The average molecular weight is 758 g/mol. The SMILES string of the molecule is CC[N+](C)(CC)Cc1ccc(C2=CC(c3ccc(OC)cc3)=NC2=Nc2c(-c3ccc(C[N+](C)(CC)CC)cc3)cc(-c3ccc(OC)cc3)n2B(F)F)cc1. The van der Waals surface area contributed by atoms with Gasteiger partial charge in [-0.05, 0) is 105 Å². The standard InChI is InChI=1S/C46H54BF2N5O2/c1-9-53(5,10-2)31-33-13-17-35(18-14-33)41-29-43(37-21-25-39(55-7)26-22-37)50-45(41)51-46-42(36-19-15-34(16-20-36)32-54(6,11-3)12-4)30-44(52(46)47(48)49)38-23-27-40(56-8)28-24-38/h13-30H,9-12,31-32H2,1-8H3/q+2. The van der Waals surface area contributed by atoms with Gasteiger partial charge in [0.1, 0.15) is 30.4 Å². The van der Waals surface area contributed by atoms with Crippen molar-refractivity contribution in [3.63, 3.8) is 0 Å². The summed E-state index contributed by atoms with van der Waals surface area (Å²) in [4.78, 5) is 10.1. The van der Waals surface area contributed by atoms with Crippen LogP contribution < -0.4 is 9.47 Å². The van der Waals surface area contributed by atoms with Gasteiger partial charge < -0.3 is 22.9 Å². The van der Waals surface area contributed by atoms with Crippen LogP contribution in [0.4, 0.5) is 14.4 Å². The summed E-state index contributed by atoms with van der Waals surface area (Å²) in [6, 6.07) is 33.4. The molecule has 4 aromatic carbocycles. The second-order valence-electron chi connectivity index (χ2n) is 15.1. The van der Waals surface area contributed by atoms with E-state index in [1.165, 1.54) is 11.1 Å². The number of benzene rings is 4. The Labute approximate surface area is 331 Å². The molecule has 56 heavy (non-hydrogen) atoms. The molecule has 1 aromatic heterocycles. The lowest BCUT2D eigenvalue weighted by molar-refractivity contribution is -0.919. The quantitative estimate of drug-likeness (QED) is 0.0744. The second kappa shape index (κ2) is 17.2. The number of aliphatic imine (C=N–C) groups is 2. The van der Waals surface area contributed by atoms with Gasteiger partial charge in [-0.2, -0.15) is 0 Å². The molecule has 0 aliphatic carbocycles. The van der Waals surface area contributed by atoms with Gasteiger partial charge in [-0.3, -0.25) is 8.63 Å². The highest BCUT2D eigenvalue weighted by Gasteiger charge is 2.30. The van der Waals surface area contributed by atoms with Crippen LogP contribution in [0.15, 0.2) is 119 Å². The van der Waals surface area contributed by atoms with Gasteiger partial charge in [-0.1, -0.05) is 48.5 Å². The van der Waals surface area contributed by atoms with E-state index < -0.39 is 7.40 Å². The third-order valence-electron chi connectivity index (χ3n) is 11.6. The molecule has 0 saturated carbocycles. The molecule has 0 fully saturated rings. The number of ether oxygens (including phenoxy) is 2. The molecule has 0 unspecified atom stereocenters. The van der Waals surface area contributed by atoms with E-state index in [1.807, 2.05) is 48.5 Å². The third-order valence-corrected chi connectivity index (χ3v) is 11.6. The summed E-state index contributed by atoms with van der Waals surface area (Å²) in [6.45, 7) is 14.7. The molecule has 2 heterocycles. The molecule has 1 aliphatic rings. The number of hydrogen-bond acceptors (Lipinski definition) is 3. The van der Waals surface area contributed by atoms with Crippen molar-refractivity contribution in [2.75, 3.05) is 54.5 Å². The molecule has 0 atom stereocenters. The minimum atomic E-state index is -2.88. The first kappa shape index (κ1) is 40.4. The van der Waals surface area contributed by atoms with Gasteiger partial charge in [0.2, 0.25) is 0 Å². The van der Waals surface area contributed by atoms with E-state index in [9.17, 15) is 0 Å². The highest BCUT2D eigenvalue weighted by Crippen LogP contribution is 2.41. The van der Waals surface area contributed by atoms with E-state index in [1.54, 1.807) is 38.5 Å². The Hall–Kier alpha value is -5.32. The number of methoxy groups -OCH3 is 2. The van der Waals surface area contributed by atoms with Crippen molar-refractivity contribution in [1.82, 2.24) is 4.48 Å². The lowest BCUT2D eigenvalue weighted by Crippen LogP contribution is -2.42. The number of amidine groups is 1. The van der Waals surface area contributed by atoms with Crippen molar-refractivity contribution in [2.24, 2.45) is 9.98 Å². The van der Waals surface area contributed by atoms with Crippen LogP contribution in [0.25, 0.3) is 28.0 Å². The molecule has 7 nitrogen and oxygen atoms in total. The topological polar surface area (TPSA) is 48.1 Å². The maximum Gasteiger partial charge on any atom is 0.679 e. The van der Waals surface area contributed by atoms with E-state index in [0.29, 0.717) is 34.1 Å². The Bertz CT molecular complexity index is 2200. The van der Waals surface area contributed by atoms with E-state index in [2.05, 4.69) is 78.2 Å². The normalized spacial score (nSPS) is 13.9. The van der Waals surface area contributed by atoms with Crippen molar-refractivity contribution in [1.29, 1.82) is 0 Å². The van der Waals surface area contributed by atoms with Gasteiger partial charge >= 0.3 is 7.40 Å². The number of aromatic nitrogens is 1. The van der Waals surface area contributed by atoms with Crippen LogP contribution in [-0.4, -0.2) is 86.9 Å². The first-order chi connectivity index (χ1) is 26.9. The predicted molar refractivity (Wildman–Crippen MR) is 228 cm³/mol. The molecule has 6 rings (SSSR count). The van der Waals surface area contributed by atoms with Crippen molar-refractivity contribution in [2.45, 2.75) is 40.8 Å². The Balaban J connectivity index is 1.52. The number of allylic oxidation sites excluding steroid dienone is 1. The Kier molecular flexibility index (Phi) is 12.4. The van der Waals surface area contributed by atoms with Crippen molar-refractivity contribution in [3.8, 4) is 33.9 Å². The number of hydrogen-bond donors (Lipinski definition) is 0. The highest BCUT2D eigenvalue weighted by atomic mass is 19.2. The highest BCUT2D eigenvalue weighted by molar-refractivity contribution is 6.43. The Morgan fingerprint density at radius 3 is 1.52 bits per heavy atom. The number of nitrogens with zero attached hydrogens (tertiary/aromatic N) is 5. The summed E-state index contributed by atoms with van der Waals surface area (Å²) in [5, 5.41) is 0. The summed E-state index contributed by atoms with van der Waals surface area (Å²) in [7, 11) is 4.85. The molecule has 0 radical (unpaired) electrons. The van der Waals surface area contributed by atoms with Crippen LogP contribution >= 0.6 is 0 Å². The zero-order valence-electron chi connectivity index (χ0n) is 34.0. The van der Waals surface area contributed by atoms with Crippen molar-refractivity contribution >= 4 is 30.3 Å². The summed E-state index contributed by atoms with van der Waals surface area (Å²) in [5.41, 5.74) is 8.01. The molecule has 5 aromatic rings. The summed E-state index contributed by atoms with van der Waals surface area (Å²) < 4.78 is 44.7. The van der Waals surface area contributed by atoms with Gasteiger partial charge in [0.05, 0.1) is 60.2 Å². The van der Waals surface area contributed by atoms with Crippen molar-refractivity contribution < 1.29 is 27.1 Å². The van der Waals surface area contributed by atoms with Crippen molar-refractivity contribution in [3.05, 3.63) is 131 Å². The summed E-state index contributed by atoms with van der Waals surface area (Å²) >= 11 is 0. The molecule has 0 amide bonds. The van der Waals surface area contributed by atoms with Crippen LogP contribution in [-0.2, 0) is 13.1 Å². The number of rotatable bonds is 16. The summed E-state index contributed by atoms with van der Waals surface area (Å²) in [6.07, 6.45) is 2.00. The largest absolute Gasteiger partial charge is 0.679 e. The molecule has 1 aliphatic heterocycles. The van der Waals surface area contributed by atoms with Crippen LogP contribution in [0.5, 0.6) is 11.5 Å². The average Bonchev–Trinajstić information content (AvgIpc) is 3.83. The monoisotopic (exact) mass is 757 g/mol. The lowest BCUT2D eigenvalue weighted by atomic mass is 10.0. The smallest absolute Gasteiger partial charge is 0.497 e. The maximum atomic E-state index is 15.5. The van der Waals surface area contributed by atoms with Crippen LogP contribution in [0, 0.1) is 0 Å². The first-order valence-electron chi connectivity index (χ1n) is 19.5. The first-order valence-corrected chi connectivity index (χ1v) is 19.5. The number of quaternary nitrogens is 2. The fourth-order valence-electron chi connectivity index (χ4n) is 7.09. The minimum absolute atomic E-state index is 0.137. The van der Waals surface area contributed by atoms with E-state index in [0.717, 1.165) is 80.7 Å². The van der Waals surface area contributed by atoms with E-state index >= 15 is 8.63 Å². The zero-order chi connectivity index (χ0) is 40.0. The molecule has 10 heteroatoms. The zero-order valence-corrected chi connectivity index (χ0v) is 34.0. The van der Waals surface area contributed by atoms with Crippen LogP contribution in [0.2, 0.25) is 0 Å². The lowest BCUT2D eigenvalue weighted by Gasteiger charge is -2.32. The maximum absolute atomic E-state index is 15.5. The van der Waals surface area contributed by atoms with Gasteiger partial charge in [-0.25, -0.2) is 9.98 Å². The molecule has 0 saturated heterocycles. The molecule has 290 valence electrons. The second-order valence-corrected chi connectivity index (χ2v) is 15.1. The molecule has 0 N–H and O–H groups in total. The molecule has 0 bridgehead atoms. The van der Waals surface area contributed by atoms with Gasteiger partial charge in [0.25, 0.3) is 0 Å². The number of halogens is 2. The molecular formula is C46H54BF2N5O2+2. The third kappa shape index (κ3) is 8.72. The summed E-state index contributed by atoms with van der Waals surface area (Å²) in [5.74, 6) is 1.88. The Morgan fingerprint density at radius 2 is 1.07 bits per heavy atom. The predicted octanol–water partition coefficient (Wildman–Crippen LogP) is 10.2. The fourth-order valence-corrected chi connectivity index (χ4v) is 7.09. The van der Waals surface area contributed by atoms with E-state index in [-0.39, 0.29) is 5.82 Å².